The molecule has 4 rings (SSSR count). The quantitative estimate of drug-likeness (QED) is 0.786. The van der Waals surface area contributed by atoms with Crippen LogP contribution in [-0.2, 0) is 14.3 Å². The molecule has 2 aliphatic heterocycles. The van der Waals surface area contributed by atoms with Crippen molar-refractivity contribution >= 4 is 11.9 Å². The molecule has 0 spiro atoms. The molecular weight excluding hydrogens is 362 g/mol. The number of aliphatic hydroxyl groups is 1. The lowest BCUT2D eigenvalue weighted by Gasteiger charge is -2.39. The number of nitrogens with zero attached hydrogens (tertiary/aromatic N) is 1. The molecule has 1 amide bonds. The minimum atomic E-state index is -0.570. The van der Waals surface area contributed by atoms with Gasteiger partial charge in [0.1, 0.15) is 11.9 Å². The molecule has 3 fully saturated rings. The van der Waals surface area contributed by atoms with Gasteiger partial charge in [0.05, 0.1) is 37.4 Å². The van der Waals surface area contributed by atoms with Crippen molar-refractivity contribution in [1.82, 2.24) is 4.90 Å². The van der Waals surface area contributed by atoms with E-state index < -0.39 is 12.1 Å². The minimum Gasteiger partial charge on any atom is -0.488 e. The molecule has 1 aromatic rings. The highest BCUT2D eigenvalue weighted by Gasteiger charge is 2.49. The van der Waals surface area contributed by atoms with Gasteiger partial charge in [0.15, 0.2) is 0 Å². The molecule has 2 saturated heterocycles. The first-order valence-electron chi connectivity index (χ1n) is 9.80. The highest BCUT2D eigenvalue weighted by Crippen LogP contribution is 2.40. The molecule has 28 heavy (non-hydrogen) atoms. The Bertz CT molecular complexity index is 744. The van der Waals surface area contributed by atoms with E-state index >= 15 is 0 Å². The number of methoxy groups -OCH3 is 1. The third-order valence-corrected chi connectivity index (χ3v) is 6.29. The fourth-order valence-electron chi connectivity index (χ4n) is 4.56. The standard InChI is InChI=1S/C21H27NO6/c1-21(11-27-12-21)20(25)22-9-14-7-17(23)18(8-15(14)10-22)28-16-5-3-13(4-6-16)19(24)26-2/h3-6,14-15,17-18,23H,7-12H2,1-2H3/t14-,15+,17+,18+/m0/s1. The Morgan fingerprint density at radius 3 is 2.36 bits per heavy atom. The van der Waals surface area contributed by atoms with Gasteiger partial charge in [0, 0.05) is 13.1 Å². The number of hydrogen-bond acceptors (Lipinski definition) is 6. The van der Waals surface area contributed by atoms with E-state index in [1.54, 1.807) is 24.3 Å². The van der Waals surface area contributed by atoms with Crippen molar-refractivity contribution in [2.45, 2.75) is 32.0 Å². The number of fused-ring (bicyclic) bond motifs is 1. The highest BCUT2D eigenvalue weighted by molar-refractivity contribution is 5.89. The maximum absolute atomic E-state index is 12.8. The molecular formula is C21H27NO6. The van der Waals surface area contributed by atoms with E-state index in [-0.39, 0.29) is 17.4 Å². The normalized spacial score (nSPS) is 30.9. The molecule has 1 aliphatic carbocycles. The van der Waals surface area contributed by atoms with Crippen LogP contribution in [-0.4, -0.2) is 67.5 Å². The number of esters is 1. The maximum Gasteiger partial charge on any atom is 0.337 e. The zero-order chi connectivity index (χ0) is 19.9. The minimum absolute atomic E-state index is 0.165. The van der Waals surface area contributed by atoms with E-state index in [1.165, 1.54) is 7.11 Å². The Hall–Kier alpha value is -2.12. The molecule has 4 atom stereocenters. The Labute approximate surface area is 164 Å². The van der Waals surface area contributed by atoms with Crippen molar-refractivity contribution < 1.29 is 28.9 Å². The van der Waals surface area contributed by atoms with Crippen molar-refractivity contribution in [3.05, 3.63) is 29.8 Å². The van der Waals surface area contributed by atoms with Crippen LogP contribution in [0.4, 0.5) is 0 Å². The summed E-state index contributed by atoms with van der Waals surface area (Å²) in [6, 6.07) is 6.73. The molecule has 0 aromatic heterocycles. The Morgan fingerprint density at radius 1 is 1.14 bits per heavy atom. The van der Waals surface area contributed by atoms with Gasteiger partial charge in [0.2, 0.25) is 5.91 Å². The van der Waals surface area contributed by atoms with Crippen LogP contribution < -0.4 is 4.74 Å². The summed E-state index contributed by atoms with van der Waals surface area (Å²) in [5.41, 5.74) is 0.0705. The monoisotopic (exact) mass is 389 g/mol. The number of carbonyl (C=O) groups excluding carboxylic acids is 2. The van der Waals surface area contributed by atoms with Gasteiger partial charge in [-0.25, -0.2) is 4.79 Å². The van der Waals surface area contributed by atoms with Crippen LogP contribution in [0, 0.1) is 17.3 Å². The molecule has 0 unspecified atom stereocenters. The molecule has 1 aromatic carbocycles. The van der Waals surface area contributed by atoms with Crippen molar-refractivity contribution in [3.63, 3.8) is 0 Å². The molecule has 7 heteroatoms. The van der Waals surface area contributed by atoms with Gasteiger partial charge < -0.3 is 24.2 Å². The van der Waals surface area contributed by atoms with Crippen LogP contribution >= 0.6 is 0 Å². The first-order valence-corrected chi connectivity index (χ1v) is 9.80. The number of benzene rings is 1. The average Bonchev–Trinajstić information content (AvgIpc) is 3.08. The van der Waals surface area contributed by atoms with E-state index in [0.717, 1.165) is 0 Å². The lowest BCUT2D eigenvalue weighted by molar-refractivity contribution is -0.167. The van der Waals surface area contributed by atoms with E-state index in [2.05, 4.69) is 0 Å². The molecule has 1 N–H and O–H groups in total. The summed E-state index contributed by atoms with van der Waals surface area (Å²) in [6.07, 6.45) is 0.454. The summed E-state index contributed by atoms with van der Waals surface area (Å²) in [6.45, 7) is 4.37. The third kappa shape index (κ3) is 3.49. The van der Waals surface area contributed by atoms with Crippen LogP contribution in [0.3, 0.4) is 0 Å². The van der Waals surface area contributed by atoms with Crippen LogP contribution in [0.25, 0.3) is 0 Å². The number of carbonyl (C=O) groups is 2. The fraction of sp³-hybridized carbons (Fsp3) is 0.619. The molecule has 3 aliphatic rings. The third-order valence-electron chi connectivity index (χ3n) is 6.29. The average molecular weight is 389 g/mol. The van der Waals surface area contributed by atoms with Crippen LogP contribution in [0.2, 0.25) is 0 Å². The Morgan fingerprint density at radius 2 is 1.79 bits per heavy atom. The second kappa shape index (κ2) is 7.37. The van der Waals surface area contributed by atoms with Crippen LogP contribution in [0.5, 0.6) is 5.75 Å². The zero-order valence-electron chi connectivity index (χ0n) is 16.3. The Kier molecular flexibility index (Phi) is 5.05. The number of likely N-dealkylation sites (tertiary alicyclic amines) is 1. The van der Waals surface area contributed by atoms with Crippen molar-refractivity contribution in [2.24, 2.45) is 17.3 Å². The molecule has 7 nitrogen and oxygen atoms in total. The smallest absolute Gasteiger partial charge is 0.337 e. The summed E-state index contributed by atoms with van der Waals surface area (Å²) in [5, 5.41) is 10.6. The number of ether oxygens (including phenoxy) is 3. The topological polar surface area (TPSA) is 85.3 Å². The van der Waals surface area contributed by atoms with Gasteiger partial charge in [-0.05, 0) is 55.9 Å². The van der Waals surface area contributed by atoms with E-state index in [9.17, 15) is 14.7 Å². The van der Waals surface area contributed by atoms with Crippen LogP contribution in [0.1, 0.15) is 30.1 Å². The van der Waals surface area contributed by atoms with Crippen LogP contribution in [0.15, 0.2) is 24.3 Å². The number of hydrogen-bond donors (Lipinski definition) is 1. The SMILES string of the molecule is COC(=O)c1ccc(O[C@@H]2C[C@@H]3CN(C(=O)C4(C)COC4)C[C@@H]3C[C@H]2O)cc1. The lowest BCUT2D eigenvalue weighted by atomic mass is 9.78. The molecule has 1 saturated carbocycles. The van der Waals surface area contributed by atoms with E-state index in [4.69, 9.17) is 14.2 Å². The summed E-state index contributed by atoms with van der Waals surface area (Å²) < 4.78 is 15.9. The summed E-state index contributed by atoms with van der Waals surface area (Å²) in [5.74, 6) is 1.02. The molecule has 0 bridgehead atoms. The van der Waals surface area contributed by atoms with E-state index in [1.807, 2.05) is 11.8 Å². The number of rotatable bonds is 4. The molecule has 0 radical (unpaired) electrons. The van der Waals surface area contributed by atoms with Crippen molar-refractivity contribution in [3.8, 4) is 5.75 Å². The van der Waals surface area contributed by atoms with Gasteiger partial charge in [-0.1, -0.05) is 0 Å². The zero-order valence-corrected chi connectivity index (χ0v) is 16.3. The lowest BCUT2D eigenvalue weighted by Crippen LogP contribution is -2.52. The first-order chi connectivity index (χ1) is 13.4. The first kappa shape index (κ1) is 19.2. The van der Waals surface area contributed by atoms with Crippen molar-refractivity contribution in [1.29, 1.82) is 0 Å². The van der Waals surface area contributed by atoms with Gasteiger partial charge in [-0.2, -0.15) is 0 Å². The second-order valence-electron chi connectivity index (χ2n) is 8.49. The predicted molar refractivity (Wildman–Crippen MR) is 99.9 cm³/mol. The number of amides is 1. The van der Waals surface area contributed by atoms with Gasteiger partial charge >= 0.3 is 5.97 Å². The summed E-state index contributed by atoms with van der Waals surface area (Å²) in [7, 11) is 1.34. The van der Waals surface area contributed by atoms with Gasteiger partial charge in [0.25, 0.3) is 0 Å². The summed E-state index contributed by atoms with van der Waals surface area (Å²) in [4.78, 5) is 26.2. The Balaban J connectivity index is 1.37. The number of aliphatic hydroxyl groups excluding tert-OH is 1. The van der Waals surface area contributed by atoms with E-state index in [0.29, 0.717) is 62.3 Å². The summed E-state index contributed by atoms with van der Waals surface area (Å²) >= 11 is 0. The maximum atomic E-state index is 12.8. The molecule has 2 heterocycles. The largest absolute Gasteiger partial charge is 0.488 e. The van der Waals surface area contributed by atoms with Crippen molar-refractivity contribution in [2.75, 3.05) is 33.4 Å². The van der Waals surface area contributed by atoms with Gasteiger partial charge in [-0.15, -0.1) is 0 Å². The predicted octanol–water partition coefficient (Wildman–Crippen LogP) is 1.49. The van der Waals surface area contributed by atoms with Gasteiger partial charge in [-0.3, -0.25) is 4.79 Å². The second-order valence-corrected chi connectivity index (χ2v) is 8.49. The molecule has 152 valence electrons. The highest BCUT2D eigenvalue weighted by atomic mass is 16.5. The fourth-order valence-corrected chi connectivity index (χ4v) is 4.56.